The first-order valence-electron chi connectivity index (χ1n) is 8.59. The number of nitrogens with one attached hydrogen (secondary N) is 1. The number of likely N-dealkylation sites (N-methyl/N-ethyl adjacent to an activating group) is 2. The average molecular weight is 325 g/mol. The van der Waals surface area contributed by atoms with Gasteiger partial charge in [-0.1, -0.05) is 24.3 Å². The Labute approximate surface area is 144 Å². The summed E-state index contributed by atoms with van der Waals surface area (Å²) in [5.74, 6) is 0. The zero-order valence-corrected chi connectivity index (χ0v) is 15.1. The van der Waals surface area contributed by atoms with Gasteiger partial charge in [0.25, 0.3) is 0 Å². The lowest BCUT2D eigenvalue weighted by atomic mass is 9.94. The number of nitrogens with zero attached hydrogens (tertiary/aromatic N) is 2. The average Bonchev–Trinajstić information content (AvgIpc) is 2.56. The molecule has 2 heterocycles. The van der Waals surface area contributed by atoms with Gasteiger partial charge >= 0.3 is 0 Å². The maximum atomic E-state index is 12.1. The third-order valence-electron chi connectivity index (χ3n) is 5.18. The summed E-state index contributed by atoms with van der Waals surface area (Å²) < 4.78 is 0. The van der Waals surface area contributed by atoms with E-state index in [2.05, 4.69) is 53.1 Å². The summed E-state index contributed by atoms with van der Waals surface area (Å²) in [7, 11) is 4.33. The van der Waals surface area contributed by atoms with Crippen molar-refractivity contribution in [2.75, 3.05) is 20.6 Å². The zero-order chi connectivity index (χ0) is 17.3. The highest BCUT2D eigenvalue weighted by Crippen LogP contribution is 2.22. The van der Waals surface area contributed by atoms with Crippen molar-refractivity contribution < 1.29 is 0 Å². The van der Waals surface area contributed by atoms with Crippen molar-refractivity contribution in [1.29, 1.82) is 0 Å². The van der Waals surface area contributed by atoms with Crippen molar-refractivity contribution in [2.45, 2.75) is 39.4 Å². The van der Waals surface area contributed by atoms with Gasteiger partial charge in [-0.15, -0.1) is 0 Å². The van der Waals surface area contributed by atoms with Crippen LogP contribution in [0.3, 0.4) is 0 Å². The van der Waals surface area contributed by atoms with Crippen LogP contribution in [0.15, 0.2) is 35.3 Å². The standard InChI is InChI=1S/C20H27N3O/c1-14-10-21-19(15(2)20(14)24)13-22(3)12-18-9-16-7-5-6-8-17(16)11-23(18)4/h5-8,10,18H,9,11-13H2,1-4H3,(H,21,24)/t18-/m1/s1. The lowest BCUT2D eigenvalue weighted by Crippen LogP contribution is -2.44. The van der Waals surface area contributed by atoms with E-state index in [1.807, 2.05) is 20.0 Å². The number of aryl methyl sites for hydroxylation is 1. The highest BCUT2D eigenvalue weighted by atomic mass is 16.1. The Kier molecular flexibility index (Phi) is 4.88. The molecule has 3 rings (SSSR count). The van der Waals surface area contributed by atoms with Gasteiger partial charge in [-0.3, -0.25) is 14.6 Å². The molecule has 1 aliphatic rings. The first-order valence-corrected chi connectivity index (χ1v) is 8.59. The largest absolute Gasteiger partial charge is 0.363 e. The first kappa shape index (κ1) is 16.9. The monoisotopic (exact) mass is 325 g/mol. The van der Waals surface area contributed by atoms with Crippen molar-refractivity contribution in [3.05, 3.63) is 68.6 Å². The number of aromatic nitrogens is 1. The summed E-state index contributed by atoms with van der Waals surface area (Å²) in [6, 6.07) is 9.23. The molecule has 0 unspecified atom stereocenters. The maximum Gasteiger partial charge on any atom is 0.187 e. The maximum absolute atomic E-state index is 12.1. The fourth-order valence-corrected chi connectivity index (χ4v) is 3.58. The van der Waals surface area contributed by atoms with Crippen LogP contribution in [0.5, 0.6) is 0 Å². The van der Waals surface area contributed by atoms with E-state index in [1.54, 1.807) is 0 Å². The van der Waals surface area contributed by atoms with Crippen molar-refractivity contribution in [2.24, 2.45) is 0 Å². The number of aromatic amines is 1. The Morgan fingerprint density at radius 3 is 2.71 bits per heavy atom. The van der Waals surface area contributed by atoms with Crippen LogP contribution in [0.1, 0.15) is 27.9 Å². The van der Waals surface area contributed by atoms with E-state index >= 15 is 0 Å². The van der Waals surface area contributed by atoms with E-state index in [0.717, 1.165) is 42.9 Å². The molecule has 0 aliphatic carbocycles. The predicted octanol–water partition coefficient (Wildman–Crippen LogP) is 2.48. The molecule has 1 aromatic carbocycles. The van der Waals surface area contributed by atoms with Gasteiger partial charge in [0.2, 0.25) is 0 Å². The molecule has 1 aromatic heterocycles. The number of hydrogen-bond acceptors (Lipinski definition) is 3. The van der Waals surface area contributed by atoms with Crippen LogP contribution in [0.2, 0.25) is 0 Å². The summed E-state index contributed by atoms with van der Waals surface area (Å²) >= 11 is 0. The normalized spacial score (nSPS) is 18.0. The molecule has 2 aromatic rings. The van der Waals surface area contributed by atoms with Gasteiger partial charge in [-0.2, -0.15) is 0 Å². The highest BCUT2D eigenvalue weighted by molar-refractivity contribution is 5.30. The van der Waals surface area contributed by atoms with E-state index in [9.17, 15) is 4.79 Å². The molecule has 1 N–H and O–H groups in total. The Hall–Kier alpha value is -1.91. The third-order valence-corrected chi connectivity index (χ3v) is 5.18. The molecule has 0 radical (unpaired) electrons. The quantitative estimate of drug-likeness (QED) is 0.939. The van der Waals surface area contributed by atoms with E-state index in [1.165, 1.54) is 11.1 Å². The SMILES string of the molecule is Cc1c[nH]c(CN(C)C[C@H]2Cc3ccccc3CN2C)c(C)c1=O. The smallest absolute Gasteiger partial charge is 0.187 e. The Morgan fingerprint density at radius 1 is 1.25 bits per heavy atom. The third kappa shape index (κ3) is 3.45. The van der Waals surface area contributed by atoms with Crippen LogP contribution >= 0.6 is 0 Å². The van der Waals surface area contributed by atoms with Gasteiger partial charge in [-0.05, 0) is 45.5 Å². The fourth-order valence-electron chi connectivity index (χ4n) is 3.58. The van der Waals surface area contributed by atoms with Crippen molar-refractivity contribution >= 4 is 0 Å². The molecule has 0 saturated carbocycles. The second-order valence-corrected chi connectivity index (χ2v) is 7.14. The van der Waals surface area contributed by atoms with E-state index in [4.69, 9.17) is 0 Å². The predicted molar refractivity (Wildman–Crippen MR) is 98.3 cm³/mol. The minimum Gasteiger partial charge on any atom is -0.363 e. The van der Waals surface area contributed by atoms with Crippen LogP contribution in [0.4, 0.5) is 0 Å². The molecule has 24 heavy (non-hydrogen) atoms. The fraction of sp³-hybridized carbons (Fsp3) is 0.450. The van der Waals surface area contributed by atoms with Gasteiger partial charge in [-0.25, -0.2) is 0 Å². The number of pyridine rings is 1. The Morgan fingerprint density at radius 2 is 1.96 bits per heavy atom. The minimum atomic E-state index is 0.154. The van der Waals surface area contributed by atoms with E-state index < -0.39 is 0 Å². The second-order valence-electron chi connectivity index (χ2n) is 7.14. The number of rotatable bonds is 4. The molecule has 4 heteroatoms. The molecular formula is C20H27N3O. The van der Waals surface area contributed by atoms with Gasteiger partial charge in [0.05, 0.1) is 0 Å². The summed E-state index contributed by atoms with van der Waals surface area (Å²) in [4.78, 5) is 20.1. The van der Waals surface area contributed by atoms with Crippen LogP contribution in [0.25, 0.3) is 0 Å². The minimum absolute atomic E-state index is 0.154. The van der Waals surface area contributed by atoms with Gasteiger partial charge in [0.15, 0.2) is 5.43 Å². The zero-order valence-electron chi connectivity index (χ0n) is 15.1. The number of fused-ring (bicyclic) bond motifs is 1. The van der Waals surface area contributed by atoms with Gasteiger partial charge < -0.3 is 4.98 Å². The molecule has 0 bridgehead atoms. The lowest BCUT2D eigenvalue weighted by molar-refractivity contribution is 0.157. The molecular weight excluding hydrogens is 298 g/mol. The topological polar surface area (TPSA) is 39.3 Å². The van der Waals surface area contributed by atoms with Crippen molar-refractivity contribution in [3.8, 4) is 0 Å². The Balaban J connectivity index is 1.68. The molecule has 128 valence electrons. The molecule has 1 atom stereocenters. The number of H-pyrrole nitrogens is 1. The van der Waals surface area contributed by atoms with Crippen molar-refractivity contribution in [1.82, 2.24) is 14.8 Å². The summed E-state index contributed by atoms with van der Waals surface area (Å²) in [5, 5.41) is 0. The molecule has 1 aliphatic heterocycles. The second kappa shape index (κ2) is 6.91. The number of benzene rings is 1. The van der Waals surface area contributed by atoms with Crippen LogP contribution < -0.4 is 5.43 Å². The molecule has 4 nitrogen and oxygen atoms in total. The Bertz CT molecular complexity index is 781. The highest BCUT2D eigenvalue weighted by Gasteiger charge is 2.24. The van der Waals surface area contributed by atoms with Crippen molar-refractivity contribution in [3.63, 3.8) is 0 Å². The van der Waals surface area contributed by atoms with Gasteiger partial charge in [0.1, 0.15) is 0 Å². The first-order chi connectivity index (χ1) is 11.5. The molecule has 0 amide bonds. The van der Waals surface area contributed by atoms with E-state index in [-0.39, 0.29) is 5.43 Å². The summed E-state index contributed by atoms with van der Waals surface area (Å²) in [5.41, 5.74) is 5.70. The van der Waals surface area contributed by atoms with Crippen LogP contribution in [0, 0.1) is 13.8 Å². The number of hydrogen-bond donors (Lipinski definition) is 1. The molecule has 0 fully saturated rings. The van der Waals surface area contributed by atoms with Crippen LogP contribution in [-0.4, -0.2) is 41.5 Å². The molecule has 0 saturated heterocycles. The van der Waals surface area contributed by atoms with E-state index in [0.29, 0.717) is 6.04 Å². The lowest BCUT2D eigenvalue weighted by Gasteiger charge is -2.36. The summed E-state index contributed by atoms with van der Waals surface area (Å²) in [6.07, 6.45) is 2.90. The van der Waals surface area contributed by atoms with Gasteiger partial charge in [0, 0.05) is 48.7 Å². The van der Waals surface area contributed by atoms with Crippen LogP contribution in [-0.2, 0) is 19.5 Å². The molecule has 0 spiro atoms. The summed E-state index contributed by atoms with van der Waals surface area (Å²) in [6.45, 7) is 6.54.